The van der Waals surface area contributed by atoms with Crippen molar-refractivity contribution in [2.75, 3.05) is 11.6 Å². The summed E-state index contributed by atoms with van der Waals surface area (Å²) in [5.74, 6) is -1.75. The van der Waals surface area contributed by atoms with E-state index in [0.29, 0.717) is 11.3 Å². The Morgan fingerprint density at radius 2 is 1.93 bits per heavy atom. The van der Waals surface area contributed by atoms with E-state index >= 15 is 0 Å². The minimum Gasteiger partial charge on any atom is -0.478 e. The third kappa shape index (κ3) is 4.80. The number of alkyl halides is 3. The van der Waals surface area contributed by atoms with E-state index in [0.717, 1.165) is 18.4 Å². The van der Waals surface area contributed by atoms with E-state index < -0.39 is 40.2 Å². The molecule has 0 saturated carbocycles. The first kappa shape index (κ1) is 20.9. The maximum absolute atomic E-state index is 12.8. The highest BCUT2D eigenvalue weighted by Gasteiger charge is 2.44. The predicted octanol–water partition coefficient (Wildman–Crippen LogP) is 3.56. The smallest absolute Gasteiger partial charge is 0.416 e. The molecule has 0 radical (unpaired) electrons. The minimum atomic E-state index is -4.46. The van der Waals surface area contributed by atoms with Crippen LogP contribution in [0.5, 0.6) is 5.75 Å². The van der Waals surface area contributed by atoms with Crippen molar-refractivity contribution in [1.29, 1.82) is 0 Å². The molecule has 0 bridgehead atoms. The zero-order chi connectivity index (χ0) is 21.6. The van der Waals surface area contributed by atoms with Crippen LogP contribution in [0.1, 0.15) is 33.2 Å². The second kappa shape index (κ2) is 7.23. The third-order valence-electron chi connectivity index (χ3n) is 4.16. The fourth-order valence-corrected chi connectivity index (χ4v) is 3.33. The number of aromatic carboxylic acids is 1. The second-order valence-corrected chi connectivity index (χ2v) is 8.04. The Kier molecular flexibility index (Phi) is 5.22. The lowest BCUT2D eigenvalue weighted by atomic mass is 10.0. The third-order valence-corrected chi connectivity index (χ3v) is 4.65. The Morgan fingerprint density at radius 1 is 1.24 bits per heavy atom. The second-order valence-electron chi connectivity index (χ2n) is 6.46. The van der Waals surface area contributed by atoms with Gasteiger partial charge in [0.1, 0.15) is 11.7 Å². The maximum Gasteiger partial charge on any atom is 0.416 e. The van der Waals surface area contributed by atoms with E-state index in [-0.39, 0.29) is 16.9 Å². The van der Waals surface area contributed by atoms with Gasteiger partial charge in [-0.05, 0) is 36.8 Å². The van der Waals surface area contributed by atoms with E-state index in [4.69, 9.17) is 8.92 Å². The first-order chi connectivity index (χ1) is 13.4. The summed E-state index contributed by atoms with van der Waals surface area (Å²) in [7, 11) is -3.95. The van der Waals surface area contributed by atoms with Crippen molar-refractivity contribution < 1.29 is 40.4 Å². The lowest BCUT2D eigenvalue weighted by molar-refractivity contribution is -0.137. The summed E-state index contributed by atoms with van der Waals surface area (Å²) >= 11 is 0. The molecule has 1 fully saturated rings. The first-order valence-corrected chi connectivity index (χ1v) is 10.0. The average Bonchev–Trinajstić information content (AvgIpc) is 3.33. The standard InChI is InChI=1S/C18H16F3NO6S/c1-9-8-10(18(19,20)21)6-7-12(9)22-16-15(27-16)11-4-3-5-13(14(11)17(23)24)28-29(2,25)26/h3-8,15-16,22H,1-2H3,(H,23,24). The summed E-state index contributed by atoms with van der Waals surface area (Å²) in [5.41, 5.74) is -0.239. The van der Waals surface area contributed by atoms with Gasteiger partial charge < -0.3 is 19.3 Å². The number of hydrogen-bond acceptors (Lipinski definition) is 6. The molecule has 1 heterocycles. The number of halogens is 3. The molecular formula is C18H16F3NO6S. The van der Waals surface area contributed by atoms with Gasteiger partial charge in [0.25, 0.3) is 0 Å². The fourth-order valence-electron chi connectivity index (χ4n) is 2.86. The molecule has 3 rings (SSSR count). The van der Waals surface area contributed by atoms with Crippen molar-refractivity contribution in [2.45, 2.75) is 25.4 Å². The van der Waals surface area contributed by atoms with Crippen molar-refractivity contribution in [1.82, 2.24) is 0 Å². The summed E-state index contributed by atoms with van der Waals surface area (Å²) < 4.78 is 71.3. The predicted molar refractivity (Wildman–Crippen MR) is 96.3 cm³/mol. The van der Waals surface area contributed by atoms with Crippen LogP contribution < -0.4 is 9.50 Å². The molecule has 7 nitrogen and oxygen atoms in total. The van der Waals surface area contributed by atoms with Gasteiger partial charge in [0.05, 0.1) is 11.8 Å². The monoisotopic (exact) mass is 431 g/mol. The topological polar surface area (TPSA) is 105 Å². The van der Waals surface area contributed by atoms with E-state index in [1.807, 2.05) is 0 Å². The minimum absolute atomic E-state index is 0.181. The maximum atomic E-state index is 12.8. The van der Waals surface area contributed by atoms with Gasteiger partial charge in [0, 0.05) is 11.3 Å². The van der Waals surface area contributed by atoms with Crippen molar-refractivity contribution >= 4 is 21.8 Å². The number of carboxylic acids is 1. The molecule has 1 aliphatic rings. The molecule has 0 spiro atoms. The first-order valence-electron chi connectivity index (χ1n) is 8.22. The highest BCUT2D eigenvalue weighted by Crippen LogP contribution is 2.43. The molecule has 2 unspecified atom stereocenters. The lowest BCUT2D eigenvalue weighted by Crippen LogP contribution is -2.13. The van der Waals surface area contributed by atoms with Gasteiger partial charge >= 0.3 is 22.3 Å². The molecule has 2 atom stereocenters. The van der Waals surface area contributed by atoms with Crippen molar-refractivity contribution in [3.63, 3.8) is 0 Å². The molecule has 1 aliphatic heterocycles. The summed E-state index contributed by atoms with van der Waals surface area (Å²) in [6.45, 7) is 1.50. The Labute approximate surface area is 164 Å². The quantitative estimate of drug-likeness (QED) is 0.532. The van der Waals surface area contributed by atoms with Crippen LogP contribution in [0, 0.1) is 6.92 Å². The van der Waals surface area contributed by atoms with Gasteiger partial charge in [-0.2, -0.15) is 21.6 Å². The number of anilines is 1. The molecule has 0 amide bonds. The average molecular weight is 431 g/mol. The summed E-state index contributed by atoms with van der Waals surface area (Å²) in [4.78, 5) is 11.7. The zero-order valence-electron chi connectivity index (χ0n) is 15.1. The molecule has 2 aromatic rings. The van der Waals surface area contributed by atoms with E-state index in [9.17, 15) is 31.5 Å². The highest BCUT2D eigenvalue weighted by molar-refractivity contribution is 7.86. The number of aryl methyl sites for hydroxylation is 1. The molecular weight excluding hydrogens is 415 g/mol. The van der Waals surface area contributed by atoms with Crippen LogP contribution in [0.25, 0.3) is 0 Å². The Bertz CT molecular complexity index is 1070. The Balaban J connectivity index is 1.83. The van der Waals surface area contributed by atoms with E-state index in [1.165, 1.54) is 31.2 Å². The van der Waals surface area contributed by atoms with Crippen molar-refractivity contribution in [2.24, 2.45) is 0 Å². The van der Waals surface area contributed by atoms with Crippen molar-refractivity contribution in [3.8, 4) is 5.75 Å². The van der Waals surface area contributed by atoms with Gasteiger partial charge in [0.15, 0.2) is 12.0 Å². The number of hydrogen-bond donors (Lipinski definition) is 2. The van der Waals surface area contributed by atoms with E-state index in [1.54, 1.807) is 0 Å². The van der Waals surface area contributed by atoms with E-state index in [2.05, 4.69) is 5.32 Å². The number of benzene rings is 2. The zero-order valence-corrected chi connectivity index (χ0v) is 16.0. The number of rotatable bonds is 6. The molecule has 1 saturated heterocycles. The van der Waals surface area contributed by atoms with Crippen LogP contribution in [-0.2, 0) is 21.0 Å². The van der Waals surface area contributed by atoms with Crippen molar-refractivity contribution in [3.05, 3.63) is 58.7 Å². The summed E-state index contributed by atoms with van der Waals surface area (Å²) in [5, 5.41) is 12.4. The van der Waals surface area contributed by atoms with Crippen LogP contribution in [0.15, 0.2) is 36.4 Å². The number of nitrogens with one attached hydrogen (secondary N) is 1. The van der Waals surface area contributed by atoms with Crippen LogP contribution in [0.3, 0.4) is 0 Å². The number of epoxide rings is 1. The molecule has 29 heavy (non-hydrogen) atoms. The number of carboxylic acid groups (broad SMARTS) is 1. The van der Waals surface area contributed by atoms with Gasteiger partial charge in [-0.1, -0.05) is 12.1 Å². The number of carbonyl (C=O) groups is 1. The normalized spacial score (nSPS) is 18.9. The van der Waals surface area contributed by atoms with Crippen LogP contribution in [0.4, 0.5) is 18.9 Å². The van der Waals surface area contributed by atoms with Crippen LogP contribution in [-0.4, -0.2) is 32.0 Å². The fraction of sp³-hybridized carbons (Fsp3) is 0.278. The molecule has 11 heteroatoms. The lowest BCUT2D eigenvalue weighted by Gasteiger charge is -2.12. The summed E-state index contributed by atoms with van der Waals surface area (Å²) in [6.07, 6.45) is -5.11. The molecule has 2 N–H and O–H groups in total. The molecule has 2 aromatic carbocycles. The number of ether oxygens (including phenoxy) is 1. The summed E-state index contributed by atoms with van der Waals surface area (Å²) in [6, 6.07) is 7.25. The van der Waals surface area contributed by atoms with Gasteiger partial charge in [-0.3, -0.25) is 0 Å². The highest BCUT2D eigenvalue weighted by atomic mass is 32.2. The SMILES string of the molecule is Cc1cc(C(F)(F)F)ccc1NC1OC1c1cccc(OS(C)(=O)=O)c1C(=O)O. The van der Waals surface area contributed by atoms with Gasteiger partial charge in [-0.25, -0.2) is 4.79 Å². The van der Waals surface area contributed by atoms with Crippen LogP contribution in [0.2, 0.25) is 0 Å². The van der Waals surface area contributed by atoms with Crippen LogP contribution >= 0.6 is 0 Å². The van der Waals surface area contributed by atoms with Gasteiger partial charge in [0.2, 0.25) is 0 Å². The molecule has 156 valence electrons. The largest absolute Gasteiger partial charge is 0.478 e. The molecule has 0 aliphatic carbocycles. The van der Waals surface area contributed by atoms with Gasteiger partial charge in [-0.15, -0.1) is 0 Å². The Hall–Kier alpha value is -2.79. The molecule has 0 aromatic heterocycles. The Morgan fingerprint density at radius 3 is 2.48 bits per heavy atom.